The second kappa shape index (κ2) is 17.0. The van der Waals surface area contributed by atoms with Gasteiger partial charge in [0, 0.05) is 44.6 Å². The van der Waals surface area contributed by atoms with Crippen molar-refractivity contribution in [3.05, 3.63) is 216 Å². The maximum Gasteiger partial charge on any atom is 0.252 e. The summed E-state index contributed by atoms with van der Waals surface area (Å²) in [6, 6.07) is 74.3. The van der Waals surface area contributed by atoms with Gasteiger partial charge in [-0.25, -0.2) is 0 Å². The van der Waals surface area contributed by atoms with Gasteiger partial charge >= 0.3 is 0 Å². The minimum atomic E-state index is -0.0501. The lowest BCUT2D eigenvalue weighted by molar-refractivity contribution is 0.590. The van der Waals surface area contributed by atoms with Crippen LogP contribution in [0.3, 0.4) is 0 Å². The molecule has 12 rings (SSSR count). The fourth-order valence-corrected chi connectivity index (χ4v) is 11.9. The van der Waals surface area contributed by atoms with Gasteiger partial charge in [0.25, 0.3) is 6.71 Å². The van der Waals surface area contributed by atoms with Crippen LogP contribution in [0.2, 0.25) is 0 Å². The highest BCUT2D eigenvalue weighted by molar-refractivity contribution is 7.00. The quantitative estimate of drug-likeness (QED) is 0.159. The number of nitrogens with zero attached hydrogens (tertiary/aromatic N) is 3. The molecule has 3 nitrogen and oxygen atoms in total. The highest BCUT2D eigenvalue weighted by atomic mass is 15.2. The van der Waals surface area contributed by atoms with E-state index >= 15 is 0 Å². The molecule has 0 bridgehead atoms. The summed E-state index contributed by atoms with van der Waals surface area (Å²) in [5.41, 5.74) is 24.5. The molecule has 74 heavy (non-hydrogen) atoms. The topological polar surface area (TPSA) is 11.4 Å². The van der Waals surface area contributed by atoms with Crippen molar-refractivity contribution in [3.8, 4) is 27.9 Å². The molecule has 0 aliphatic carbocycles. The lowest BCUT2D eigenvalue weighted by Gasteiger charge is -2.45. The van der Waals surface area contributed by atoms with Crippen LogP contribution in [0.4, 0.5) is 34.1 Å². The van der Waals surface area contributed by atoms with Gasteiger partial charge in [0.05, 0.1) is 28.1 Å². The molecular formula is C70H68BN3. The van der Waals surface area contributed by atoms with Crippen molar-refractivity contribution < 1.29 is 0 Å². The zero-order valence-corrected chi connectivity index (χ0v) is 45.4. The number of rotatable bonds is 5. The number of hydrogen-bond donors (Lipinski definition) is 0. The largest absolute Gasteiger partial charge is 0.311 e. The Bertz CT molecular complexity index is 3590. The molecule has 2 aliphatic rings. The van der Waals surface area contributed by atoms with E-state index in [1.165, 1.54) is 105 Å². The van der Waals surface area contributed by atoms with Gasteiger partial charge in [-0.1, -0.05) is 204 Å². The van der Waals surface area contributed by atoms with Gasteiger partial charge in [0.15, 0.2) is 0 Å². The van der Waals surface area contributed by atoms with E-state index in [-0.39, 0.29) is 28.4 Å². The molecule has 0 amide bonds. The molecule has 366 valence electrons. The van der Waals surface area contributed by atoms with E-state index in [4.69, 9.17) is 0 Å². The normalized spacial score (nSPS) is 13.6. The highest BCUT2D eigenvalue weighted by Gasteiger charge is 2.44. The average Bonchev–Trinajstić information content (AvgIpc) is 3.74. The van der Waals surface area contributed by atoms with Gasteiger partial charge < -0.3 is 14.4 Å². The summed E-state index contributed by atoms with van der Waals surface area (Å²) in [7, 11) is 0. The predicted molar refractivity (Wildman–Crippen MR) is 320 cm³/mol. The summed E-state index contributed by atoms with van der Waals surface area (Å²) in [6.45, 7) is 27.9. The molecule has 0 spiro atoms. The third kappa shape index (κ3) is 7.79. The smallest absolute Gasteiger partial charge is 0.252 e. The molecule has 0 radical (unpaired) electrons. The van der Waals surface area contributed by atoms with Crippen molar-refractivity contribution in [3.63, 3.8) is 0 Å². The van der Waals surface area contributed by atoms with E-state index in [0.717, 1.165) is 17.1 Å². The minimum Gasteiger partial charge on any atom is -0.311 e. The third-order valence-corrected chi connectivity index (χ3v) is 16.0. The Morgan fingerprint density at radius 1 is 0.311 bits per heavy atom. The molecule has 0 saturated carbocycles. The number of para-hydroxylation sites is 2. The Kier molecular flexibility index (Phi) is 10.9. The van der Waals surface area contributed by atoms with E-state index in [2.05, 4.69) is 292 Å². The zero-order valence-electron chi connectivity index (χ0n) is 45.4. The van der Waals surface area contributed by atoms with Gasteiger partial charge in [0.1, 0.15) is 0 Å². The summed E-state index contributed by atoms with van der Waals surface area (Å²) in [4.78, 5) is 5.22. The monoisotopic (exact) mass is 962 g/mol. The first-order valence-corrected chi connectivity index (χ1v) is 26.7. The van der Waals surface area contributed by atoms with Crippen molar-refractivity contribution in [2.24, 2.45) is 0 Å². The number of aromatic nitrogens is 1. The number of benzene rings is 9. The highest BCUT2D eigenvalue weighted by Crippen LogP contribution is 2.51. The van der Waals surface area contributed by atoms with Crippen LogP contribution in [-0.4, -0.2) is 11.3 Å². The fourth-order valence-electron chi connectivity index (χ4n) is 11.9. The number of hydrogen-bond acceptors (Lipinski definition) is 2. The first-order valence-electron chi connectivity index (χ1n) is 26.7. The summed E-state index contributed by atoms with van der Waals surface area (Å²) in [5.74, 6) is 0. The average molecular weight is 962 g/mol. The van der Waals surface area contributed by atoms with Crippen LogP contribution >= 0.6 is 0 Å². The van der Waals surface area contributed by atoms with Gasteiger partial charge in [-0.05, 0) is 144 Å². The fraction of sp³-hybridized carbons (Fsp3) is 0.229. The molecule has 0 fully saturated rings. The van der Waals surface area contributed by atoms with E-state index < -0.39 is 0 Å². The Morgan fingerprint density at radius 3 is 1.05 bits per heavy atom. The lowest BCUT2D eigenvalue weighted by atomic mass is 9.33. The lowest BCUT2D eigenvalue weighted by Crippen LogP contribution is -2.61. The van der Waals surface area contributed by atoms with Crippen molar-refractivity contribution in [1.29, 1.82) is 0 Å². The molecule has 2 aliphatic heterocycles. The van der Waals surface area contributed by atoms with E-state index in [1.807, 2.05) is 0 Å². The minimum absolute atomic E-state index is 0.0188. The molecule has 10 aromatic rings. The van der Waals surface area contributed by atoms with E-state index in [1.54, 1.807) is 0 Å². The van der Waals surface area contributed by atoms with Gasteiger partial charge in [0.2, 0.25) is 0 Å². The van der Waals surface area contributed by atoms with E-state index in [9.17, 15) is 0 Å². The van der Waals surface area contributed by atoms with Gasteiger partial charge in [-0.3, -0.25) is 0 Å². The molecule has 0 saturated heterocycles. The van der Waals surface area contributed by atoms with Crippen molar-refractivity contribution in [2.45, 2.75) is 105 Å². The summed E-state index contributed by atoms with van der Waals surface area (Å²) in [5, 5.41) is 2.56. The first kappa shape index (κ1) is 47.4. The van der Waals surface area contributed by atoms with Crippen LogP contribution in [0.15, 0.2) is 194 Å². The first-order chi connectivity index (χ1) is 35.3. The second-order valence-electron chi connectivity index (χ2n) is 25.1. The SMILES string of the molecule is CC(C)(C)c1ccc(N2c3ccccc3B3c4ccccc4N(c4ccc(C(C)(C)C)cc4-c4ccccc4)c4cc(-n5c6ccc(C(C)(C)C)cc6c6cc(C(C)(C)C)ccc65)cc2c43)c(-c2ccccc2)c1. The maximum absolute atomic E-state index is 2.61. The Labute approximate surface area is 440 Å². The summed E-state index contributed by atoms with van der Waals surface area (Å²) >= 11 is 0. The maximum atomic E-state index is 2.61. The molecule has 4 heteroatoms. The molecular weight excluding hydrogens is 894 g/mol. The molecule has 1 aromatic heterocycles. The second-order valence-corrected chi connectivity index (χ2v) is 25.1. The van der Waals surface area contributed by atoms with Crippen LogP contribution < -0.4 is 26.2 Å². The van der Waals surface area contributed by atoms with Crippen LogP contribution in [0.5, 0.6) is 0 Å². The van der Waals surface area contributed by atoms with Gasteiger partial charge in [-0.15, -0.1) is 0 Å². The molecule has 0 N–H and O–H groups in total. The summed E-state index contributed by atoms with van der Waals surface area (Å²) < 4.78 is 2.56. The third-order valence-electron chi connectivity index (χ3n) is 16.0. The predicted octanol–water partition coefficient (Wildman–Crippen LogP) is 17.4. The Morgan fingerprint density at radius 2 is 0.662 bits per heavy atom. The molecule has 3 heterocycles. The summed E-state index contributed by atoms with van der Waals surface area (Å²) in [6.07, 6.45) is 0. The van der Waals surface area contributed by atoms with E-state index in [0.29, 0.717) is 0 Å². The molecule has 9 aromatic carbocycles. The van der Waals surface area contributed by atoms with Crippen LogP contribution in [0.25, 0.3) is 49.7 Å². The standard InChI is InChI=1S/C70H68BN3/c1-67(2,3)47-31-35-58(52(39-47)45-23-15-13-16-24-45)73-62-29-21-19-27-56(62)71-57-28-20-22-30-63(57)74(59-36-32-48(68(4,5)6)40-53(59)46-25-17-14-18-26-46)65-44-51(43-64(73)66(65)71)72-60-37-33-49(69(7,8)9)41-54(60)55-42-50(70(10,11)12)34-38-61(55)72/h13-44H,1-12H3. The molecule has 0 unspecified atom stereocenters. The number of anilines is 6. The van der Waals surface area contributed by atoms with Crippen LogP contribution in [0, 0.1) is 0 Å². The number of fused-ring (bicyclic) bond motifs is 7. The molecule has 0 atom stereocenters. The van der Waals surface area contributed by atoms with Crippen LogP contribution in [0.1, 0.15) is 105 Å². The van der Waals surface area contributed by atoms with Gasteiger partial charge in [-0.2, -0.15) is 0 Å². The van der Waals surface area contributed by atoms with Crippen LogP contribution in [-0.2, 0) is 21.7 Å². The Hall–Kier alpha value is -7.56. The van der Waals surface area contributed by atoms with Crippen molar-refractivity contribution in [2.75, 3.05) is 9.80 Å². The Balaban J connectivity index is 1.25. The zero-order chi connectivity index (χ0) is 51.6. The van der Waals surface area contributed by atoms with Crippen molar-refractivity contribution in [1.82, 2.24) is 4.57 Å². The van der Waals surface area contributed by atoms with Crippen molar-refractivity contribution >= 4 is 79.0 Å².